The molecule has 0 aliphatic carbocycles. The highest BCUT2D eigenvalue weighted by Gasteiger charge is 2.06. The van der Waals surface area contributed by atoms with Crippen LogP contribution in [0.3, 0.4) is 0 Å². The summed E-state index contributed by atoms with van der Waals surface area (Å²) in [5.41, 5.74) is 4.52. The number of hydrogen-bond acceptors (Lipinski definition) is 4. The predicted octanol–water partition coefficient (Wildman–Crippen LogP) is 0.365. The Hall–Kier alpha value is -1.39. The molecular weight excluding hydrogens is 180 g/mol. The highest BCUT2D eigenvalue weighted by Crippen LogP contribution is 2.09. The zero-order valence-corrected chi connectivity index (χ0v) is 8.12. The number of benzene rings is 1. The van der Waals surface area contributed by atoms with E-state index in [1.807, 2.05) is 24.3 Å². The summed E-state index contributed by atoms with van der Waals surface area (Å²) in [6.45, 7) is 0.549. The molecule has 0 radical (unpaired) electrons. The Bertz CT molecular complexity index is 313. The van der Waals surface area contributed by atoms with E-state index in [-0.39, 0.29) is 12.4 Å². The normalized spacial score (nSPS) is 9.86. The van der Waals surface area contributed by atoms with Crippen molar-refractivity contribution in [1.82, 2.24) is 5.43 Å². The van der Waals surface area contributed by atoms with Crippen LogP contribution in [0.5, 0.6) is 0 Å². The standard InChI is InChI=1S/C10H14N2O2/c1-14-10(13)6-8-4-2-3-5-9(8)7-12-11/h2-5,12H,6-7,11H2,1H3. The average molecular weight is 194 g/mol. The molecule has 4 heteroatoms. The van der Waals surface area contributed by atoms with E-state index < -0.39 is 0 Å². The fraction of sp³-hybridized carbons (Fsp3) is 0.300. The molecule has 0 atom stereocenters. The van der Waals surface area contributed by atoms with E-state index in [1.54, 1.807) is 0 Å². The van der Waals surface area contributed by atoms with Crippen molar-refractivity contribution in [3.05, 3.63) is 35.4 Å². The van der Waals surface area contributed by atoms with Crippen LogP contribution in [-0.2, 0) is 22.5 Å². The predicted molar refractivity (Wildman–Crippen MR) is 53.2 cm³/mol. The van der Waals surface area contributed by atoms with Crippen molar-refractivity contribution in [3.8, 4) is 0 Å². The van der Waals surface area contributed by atoms with Gasteiger partial charge in [-0.3, -0.25) is 16.1 Å². The summed E-state index contributed by atoms with van der Waals surface area (Å²) in [6, 6.07) is 7.62. The van der Waals surface area contributed by atoms with Gasteiger partial charge in [-0.1, -0.05) is 24.3 Å². The quantitative estimate of drug-likeness (QED) is 0.413. The summed E-state index contributed by atoms with van der Waals surface area (Å²) in [5, 5.41) is 0. The highest BCUT2D eigenvalue weighted by molar-refractivity contribution is 5.72. The first-order valence-electron chi connectivity index (χ1n) is 4.35. The molecule has 0 aliphatic heterocycles. The maximum Gasteiger partial charge on any atom is 0.309 e. The van der Waals surface area contributed by atoms with Gasteiger partial charge in [0.25, 0.3) is 0 Å². The van der Waals surface area contributed by atoms with Gasteiger partial charge >= 0.3 is 5.97 Å². The van der Waals surface area contributed by atoms with Crippen molar-refractivity contribution in [1.29, 1.82) is 0 Å². The third-order valence-corrected chi connectivity index (χ3v) is 1.97. The van der Waals surface area contributed by atoms with E-state index in [4.69, 9.17) is 5.84 Å². The van der Waals surface area contributed by atoms with Crippen molar-refractivity contribution >= 4 is 5.97 Å². The Morgan fingerprint density at radius 3 is 2.64 bits per heavy atom. The van der Waals surface area contributed by atoms with Crippen molar-refractivity contribution in [2.45, 2.75) is 13.0 Å². The minimum absolute atomic E-state index is 0.241. The maximum absolute atomic E-state index is 11.1. The Morgan fingerprint density at radius 2 is 2.07 bits per heavy atom. The van der Waals surface area contributed by atoms with Gasteiger partial charge in [0.1, 0.15) is 0 Å². The molecule has 0 aromatic heterocycles. The molecule has 0 heterocycles. The van der Waals surface area contributed by atoms with Gasteiger partial charge in [0, 0.05) is 6.54 Å². The van der Waals surface area contributed by atoms with Gasteiger partial charge in [0.05, 0.1) is 13.5 Å². The van der Waals surface area contributed by atoms with Gasteiger partial charge in [0.15, 0.2) is 0 Å². The largest absolute Gasteiger partial charge is 0.469 e. The van der Waals surface area contributed by atoms with Crippen LogP contribution < -0.4 is 11.3 Å². The highest BCUT2D eigenvalue weighted by atomic mass is 16.5. The first-order chi connectivity index (χ1) is 6.77. The minimum Gasteiger partial charge on any atom is -0.469 e. The molecular formula is C10H14N2O2. The molecule has 76 valence electrons. The number of nitrogens with two attached hydrogens (primary N) is 1. The van der Waals surface area contributed by atoms with Crippen LogP contribution >= 0.6 is 0 Å². The zero-order valence-electron chi connectivity index (χ0n) is 8.12. The van der Waals surface area contributed by atoms with E-state index in [1.165, 1.54) is 7.11 Å². The maximum atomic E-state index is 11.1. The summed E-state index contributed by atoms with van der Waals surface area (Å²) in [5.74, 6) is 4.99. The number of nitrogens with one attached hydrogen (secondary N) is 1. The van der Waals surface area contributed by atoms with Gasteiger partial charge in [-0.05, 0) is 11.1 Å². The van der Waals surface area contributed by atoms with Crippen LogP contribution in [0.25, 0.3) is 0 Å². The molecule has 4 nitrogen and oxygen atoms in total. The Kier molecular flexibility index (Phi) is 4.10. The van der Waals surface area contributed by atoms with Crippen LogP contribution in [0, 0.1) is 0 Å². The number of hydrazine groups is 1. The fourth-order valence-electron chi connectivity index (χ4n) is 1.24. The van der Waals surface area contributed by atoms with E-state index >= 15 is 0 Å². The molecule has 0 fully saturated rings. The molecule has 1 rings (SSSR count). The summed E-state index contributed by atoms with van der Waals surface area (Å²) >= 11 is 0. The molecule has 0 unspecified atom stereocenters. The number of carbonyl (C=O) groups excluding carboxylic acids is 1. The average Bonchev–Trinajstić information content (AvgIpc) is 2.21. The molecule has 1 aromatic rings. The smallest absolute Gasteiger partial charge is 0.309 e. The lowest BCUT2D eigenvalue weighted by molar-refractivity contribution is -0.139. The van der Waals surface area contributed by atoms with Crippen LogP contribution in [0.4, 0.5) is 0 Å². The van der Waals surface area contributed by atoms with Gasteiger partial charge < -0.3 is 4.74 Å². The summed E-state index contributed by atoms with van der Waals surface area (Å²) in [7, 11) is 1.38. The lowest BCUT2D eigenvalue weighted by Gasteiger charge is -2.07. The van der Waals surface area contributed by atoms with Gasteiger partial charge in [-0.25, -0.2) is 0 Å². The van der Waals surface area contributed by atoms with Gasteiger partial charge in [0.2, 0.25) is 0 Å². The molecule has 0 spiro atoms. The second-order valence-electron chi connectivity index (χ2n) is 2.90. The van der Waals surface area contributed by atoms with Gasteiger partial charge in [-0.2, -0.15) is 0 Å². The van der Waals surface area contributed by atoms with E-state index in [9.17, 15) is 4.79 Å². The van der Waals surface area contributed by atoms with Crippen molar-refractivity contribution in [3.63, 3.8) is 0 Å². The second kappa shape index (κ2) is 5.36. The third kappa shape index (κ3) is 2.83. The molecule has 0 bridgehead atoms. The third-order valence-electron chi connectivity index (χ3n) is 1.97. The lowest BCUT2D eigenvalue weighted by Crippen LogP contribution is -2.22. The first-order valence-corrected chi connectivity index (χ1v) is 4.35. The monoisotopic (exact) mass is 194 g/mol. The first kappa shape index (κ1) is 10.7. The van der Waals surface area contributed by atoms with Crippen molar-refractivity contribution < 1.29 is 9.53 Å². The molecule has 0 saturated carbocycles. The van der Waals surface area contributed by atoms with E-state index in [2.05, 4.69) is 10.2 Å². The summed E-state index contributed by atoms with van der Waals surface area (Å²) < 4.78 is 4.60. The number of hydrogen-bond donors (Lipinski definition) is 2. The van der Waals surface area contributed by atoms with E-state index in [0.717, 1.165) is 11.1 Å². The fourth-order valence-corrected chi connectivity index (χ4v) is 1.24. The lowest BCUT2D eigenvalue weighted by atomic mass is 10.1. The number of rotatable bonds is 4. The summed E-state index contributed by atoms with van der Waals surface area (Å²) in [6.07, 6.45) is 0.286. The topological polar surface area (TPSA) is 64.3 Å². The Balaban J connectivity index is 2.78. The molecule has 1 aromatic carbocycles. The van der Waals surface area contributed by atoms with Crippen LogP contribution in [0.2, 0.25) is 0 Å². The van der Waals surface area contributed by atoms with Crippen molar-refractivity contribution in [2.24, 2.45) is 5.84 Å². The second-order valence-corrected chi connectivity index (χ2v) is 2.90. The van der Waals surface area contributed by atoms with Crippen LogP contribution in [-0.4, -0.2) is 13.1 Å². The van der Waals surface area contributed by atoms with Crippen molar-refractivity contribution in [2.75, 3.05) is 7.11 Å². The summed E-state index contributed by atoms with van der Waals surface area (Å²) in [4.78, 5) is 11.1. The number of carbonyl (C=O) groups is 1. The van der Waals surface area contributed by atoms with Crippen LogP contribution in [0.1, 0.15) is 11.1 Å². The molecule has 0 amide bonds. The molecule has 14 heavy (non-hydrogen) atoms. The van der Waals surface area contributed by atoms with Gasteiger partial charge in [-0.15, -0.1) is 0 Å². The van der Waals surface area contributed by atoms with Crippen LogP contribution in [0.15, 0.2) is 24.3 Å². The number of ether oxygens (including phenoxy) is 1. The Morgan fingerprint density at radius 1 is 1.43 bits per heavy atom. The Labute approximate surface area is 83.0 Å². The molecule has 0 aliphatic rings. The molecule has 0 saturated heterocycles. The molecule has 3 N–H and O–H groups in total. The number of esters is 1. The SMILES string of the molecule is COC(=O)Cc1ccccc1CNN. The number of methoxy groups -OCH3 is 1. The minimum atomic E-state index is -0.241. The van der Waals surface area contributed by atoms with E-state index in [0.29, 0.717) is 6.54 Å². The zero-order chi connectivity index (χ0) is 10.4.